The summed E-state index contributed by atoms with van der Waals surface area (Å²) in [5.74, 6) is 8.33. The van der Waals surface area contributed by atoms with E-state index < -0.39 is 121 Å². The minimum absolute atomic E-state index is 0.0162. The second-order valence-corrected chi connectivity index (χ2v) is 38.6. The number of hydrogen-bond donors (Lipinski definition) is 14. The van der Waals surface area contributed by atoms with Crippen molar-refractivity contribution in [2.45, 2.75) is 49.7 Å². The molecule has 4 unspecified atom stereocenters. The highest BCUT2D eigenvalue weighted by Crippen LogP contribution is 2.68. The zero-order valence-corrected chi connectivity index (χ0v) is 74.5. The molecule has 130 heavy (non-hydrogen) atoms. The van der Waals surface area contributed by atoms with Crippen LogP contribution in [0.1, 0.15) is 77.9 Å². The Morgan fingerprint density at radius 1 is 0.508 bits per heavy atom. The molecule has 2 aliphatic carbocycles. The molecule has 4 aromatic heterocycles. The number of rotatable bonds is 26. The van der Waals surface area contributed by atoms with Gasteiger partial charge in [0.15, 0.2) is 0 Å². The van der Waals surface area contributed by atoms with Crippen LogP contribution in [0.4, 0.5) is 23.0 Å². The van der Waals surface area contributed by atoms with Crippen LogP contribution in [0.3, 0.4) is 0 Å². The minimum atomic E-state index is -5.77. The maximum Gasteiger partial charge on any atom is 0.490 e. The molecule has 684 valence electrons. The van der Waals surface area contributed by atoms with Crippen molar-refractivity contribution >= 4 is 138 Å². The van der Waals surface area contributed by atoms with Gasteiger partial charge in [0.05, 0.1) is 84.5 Å². The van der Waals surface area contributed by atoms with Crippen LogP contribution in [0.5, 0.6) is 0 Å². The van der Waals surface area contributed by atoms with Crippen LogP contribution in [0.15, 0.2) is 143 Å². The maximum absolute atomic E-state index is 13.7. The second kappa shape index (κ2) is 38.0. The SMILES string of the molecule is CN(C)c1ccc2c(-c3cc(C(=O)NCC#Cc4cn([C@H]5C[C@H](O)[C@@H](COP(=O)(O)OP(=O)(O)OP(=O)(O)O)O5)c5ncnc(N)c45)ccc3C(=O)[O-])c3ccc(=[N+](C)C)cc-3oc2c1.CN(C)c1ccc2c(-c3ccc(C(=O)NCC#Cc4cn([C@H]5C[C@H](O)[C@@H](COP(=O)(O)OP(=O)(O)OP(=O)(O)O)O5)c5ncnc(N)c45)cc3C(=O)[O-])c3ccc(=[N+](C)C)cc-3oc2c1. The van der Waals surface area contributed by atoms with Crippen LogP contribution in [0.2, 0.25) is 0 Å². The Bertz CT molecular complexity index is 7100. The first kappa shape index (κ1) is 95.9. The van der Waals surface area contributed by atoms with Crippen LogP contribution >= 0.6 is 46.9 Å². The summed E-state index contributed by atoms with van der Waals surface area (Å²) >= 11 is 0. The molecule has 2 saturated heterocycles. The fourth-order valence-electron chi connectivity index (χ4n) is 14.2. The zero-order chi connectivity index (χ0) is 94.3. The number of aromatic carboxylic acids is 2. The number of fused-ring (bicyclic) bond motifs is 6. The molecule has 6 aliphatic rings. The van der Waals surface area contributed by atoms with Gasteiger partial charge in [0.25, 0.3) is 11.8 Å². The monoisotopic (exact) mass is 1910 g/mol. The van der Waals surface area contributed by atoms with E-state index in [2.05, 4.69) is 80.5 Å². The molecule has 0 radical (unpaired) electrons. The highest BCUT2D eigenvalue weighted by Gasteiger charge is 2.46. The van der Waals surface area contributed by atoms with Crippen molar-refractivity contribution in [1.82, 2.24) is 48.9 Å². The summed E-state index contributed by atoms with van der Waals surface area (Å²) in [6.07, 6.45) is -2.40. The molecule has 52 heteroatoms. The standard InChI is InChI=1S/2C39H40N7O16P3/c1-44(2)23-8-11-26-30(15-23)59-31-16-24(45(3)4)9-12-27(31)35(26)28-14-21(7-10-25(28)39(49)50)38(48)41-13-5-6-22-18-46(37-34(22)36(40)42-20-43-37)33-17-29(47)32(60-33)19-58-64(54,55)62-65(56,57)61-63(51,52)53;1-44(2)23-8-11-26-30(15-23)59-31-16-24(45(3)4)9-12-27(31)35(26)25-10-7-21(14-28(25)39(49)50)38(48)41-13-5-6-22-18-46(37-34(22)36(40)42-20-43-37)33-17-29(47)32(60-33)19-58-64(54,55)62-65(56,57)61-63(51,52)53/h2*7-12,14-16,18,20,29,32-33,47H,13,17,19H2,1-4H3,(H7-,40,41,42,43,48,49,50,51,52,53,54,55,56,57)/t2*29-,32+,33+/m00/s1. The molecule has 10 atom stereocenters. The molecule has 4 aliphatic heterocycles. The highest BCUT2D eigenvalue weighted by atomic mass is 31.3. The molecule has 0 bridgehead atoms. The lowest BCUT2D eigenvalue weighted by Gasteiger charge is -2.20. The number of nitrogens with two attached hydrogens (primary N) is 2. The first-order valence-electron chi connectivity index (χ1n) is 38.1. The Balaban J connectivity index is 0.000000222. The van der Waals surface area contributed by atoms with E-state index in [1.807, 2.05) is 148 Å². The van der Waals surface area contributed by atoms with Crippen molar-refractivity contribution in [3.05, 3.63) is 178 Å². The topological polar surface area (TPSA) is 669 Å². The predicted octanol–water partition coefficient (Wildman–Crippen LogP) is 3.53. The van der Waals surface area contributed by atoms with Crippen molar-refractivity contribution in [1.29, 1.82) is 0 Å². The molecule has 4 aromatic carbocycles. The summed E-state index contributed by atoms with van der Waals surface area (Å²) in [5.41, 5.74) is 18.7. The van der Waals surface area contributed by atoms with Crippen molar-refractivity contribution in [3.8, 4) is 68.6 Å². The number of phosphoric acid groups is 6. The van der Waals surface area contributed by atoms with Crippen LogP contribution < -0.4 is 62.0 Å². The van der Waals surface area contributed by atoms with E-state index in [-0.39, 0.29) is 98.6 Å². The second-order valence-electron chi connectivity index (χ2n) is 29.8. The van der Waals surface area contributed by atoms with Gasteiger partial charge in [-0.05, 0) is 71.8 Å². The van der Waals surface area contributed by atoms with E-state index in [0.29, 0.717) is 61.3 Å². The van der Waals surface area contributed by atoms with Gasteiger partial charge in [-0.15, -0.1) is 0 Å². The molecule has 8 aromatic rings. The van der Waals surface area contributed by atoms with E-state index >= 15 is 0 Å². The Hall–Kier alpha value is -11.6. The molecule has 0 saturated carbocycles. The van der Waals surface area contributed by atoms with E-state index in [4.69, 9.17) is 49.3 Å². The average Bonchev–Trinajstić information content (AvgIpc) is 1.24. The summed E-state index contributed by atoms with van der Waals surface area (Å²) in [5, 5.41) is 55.6. The number of aromatic nitrogens is 6. The number of aliphatic hydroxyl groups is 2. The van der Waals surface area contributed by atoms with E-state index in [1.54, 1.807) is 6.07 Å². The third kappa shape index (κ3) is 22.2. The molecule has 0 spiro atoms. The Kier molecular flexibility index (Phi) is 28.1. The van der Waals surface area contributed by atoms with Crippen LogP contribution in [0.25, 0.3) is 88.9 Å². The number of carboxylic acids is 2. The number of anilines is 4. The Labute approximate surface area is 734 Å². The normalized spacial score (nSPS) is 18.2. The summed E-state index contributed by atoms with van der Waals surface area (Å²) in [7, 11) is -18.7. The number of hydrogen-bond acceptors (Lipinski definition) is 32. The molecule has 2 amide bonds. The quantitative estimate of drug-likeness (QED) is 0.0160. The van der Waals surface area contributed by atoms with Gasteiger partial charge < -0.3 is 129 Å². The van der Waals surface area contributed by atoms with Crippen molar-refractivity contribution in [2.24, 2.45) is 0 Å². The van der Waals surface area contributed by atoms with Crippen molar-refractivity contribution < 1.29 is 151 Å². The molecular formula is C78H80N14O32P6. The van der Waals surface area contributed by atoms with Gasteiger partial charge in [0.2, 0.25) is 10.7 Å². The third-order valence-electron chi connectivity index (χ3n) is 20.0. The number of nitrogen functional groups attached to an aromatic ring is 2. The molecule has 14 rings (SSSR count). The molecule has 8 heterocycles. The number of carboxylic acid groups (broad SMARTS) is 2. The molecule has 2 fully saturated rings. The van der Waals surface area contributed by atoms with E-state index in [0.717, 1.165) is 28.4 Å². The number of benzene rings is 6. The van der Waals surface area contributed by atoms with E-state index in [9.17, 15) is 86.6 Å². The van der Waals surface area contributed by atoms with Crippen LogP contribution in [-0.2, 0) is 63.2 Å². The maximum atomic E-state index is 13.7. The smallest absolute Gasteiger partial charge is 0.490 e. The summed E-state index contributed by atoms with van der Waals surface area (Å²) in [6.45, 7) is -2.22. The van der Waals surface area contributed by atoms with Gasteiger partial charge in [-0.1, -0.05) is 35.8 Å². The molecular weight excluding hydrogens is 1830 g/mol. The highest BCUT2D eigenvalue weighted by molar-refractivity contribution is 7.67. The number of carbonyl (C=O) groups excluding carboxylic acids is 4. The first-order chi connectivity index (χ1) is 61.0. The van der Waals surface area contributed by atoms with Crippen molar-refractivity contribution in [2.75, 3.05) is 104 Å². The van der Waals surface area contributed by atoms with Gasteiger partial charge >= 0.3 is 46.9 Å². The third-order valence-corrected chi connectivity index (χ3v) is 27.7. The predicted molar refractivity (Wildman–Crippen MR) is 459 cm³/mol. The fraction of sp³-hybridized carbons (Fsp3) is 0.256. The lowest BCUT2D eigenvalue weighted by molar-refractivity contribution is -0.256. The average molecular weight is 1910 g/mol. The Morgan fingerprint density at radius 3 is 1.31 bits per heavy atom. The molecule has 16 N–H and O–H groups in total. The summed E-state index contributed by atoms with van der Waals surface area (Å²) in [6, 6.07) is 30.7. The number of nitrogens with zero attached hydrogens (tertiary/aromatic N) is 10. The van der Waals surface area contributed by atoms with Crippen LogP contribution in [0, 0.1) is 23.7 Å². The van der Waals surface area contributed by atoms with Gasteiger partial charge in [-0.3, -0.25) is 18.6 Å². The number of phosphoric ester groups is 2. The number of nitrogens with one attached hydrogen (secondary N) is 2. The van der Waals surface area contributed by atoms with E-state index in [1.165, 1.54) is 58.2 Å². The van der Waals surface area contributed by atoms with Gasteiger partial charge in [-0.25, -0.2) is 56.5 Å². The summed E-state index contributed by atoms with van der Waals surface area (Å²) in [4.78, 5) is 146. The Morgan fingerprint density at radius 2 is 0.908 bits per heavy atom. The fourth-order valence-corrected chi connectivity index (χ4v) is 20.2. The van der Waals surface area contributed by atoms with Gasteiger partial charge in [0, 0.05) is 144 Å². The van der Waals surface area contributed by atoms with Crippen molar-refractivity contribution in [3.63, 3.8) is 0 Å². The number of aliphatic hydroxyl groups excluding tert-OH is 2. The van der Waals surface area contributed by atoms with Gasteiger partial charge in [0.1, 0.15) is 111 Å². The minimum Gasteiger partial charge on any atom is -0.545 e. The first-order valence-corrected chi connectivity index (χ1v) is 47.1. The lowest BCUT2D eigenvalue weighted by Crippen LogP contribution is -2.26. The summed E-state index contributed by atoms with van der Waals surface area (Å²) < 4.78 is 125. The van der Waals surface area contributed by atoms with Gasteiger partial charge in [-0.2, -0.15) is 17.2 Å². The largest absolute Gasteiger partial charge is 0.545 e. The zero-order valence-electron chi connectivity index (χ0n) is 69.2. The number of ether oxygens (including phenoxy) is 2. The number of carbonyl (C=O) groups is 4. The van der Waals surface area contributed by atoms with Crippen LogP contribution in [-0.4, -0.2) is 209 Å². The molecule has 46 nitrogen and oxygen atoms in total. The number of amides is 2. The lowest BCUT2D eigenvalue weighted by atomic mass is 9.89.